The summed E-state index contributed by atoms with van der Waals surface area (Å²) in [4.78, 5) is 82.3. The van der Waals surface area contributed by atoms with Gasteiger partial charge in [-0.15, -0.1) is 0 Å². The normalized spacial score (nSPS) is 27.2. The zero-order valence-corrected chi connectivity index (χ0v) is 36.7. The number of allylic oxidation sites excluding steroid dienone is 2. The molecule has 20 heteroatoms. The van der Waals surface area contributed by atoms with Gasteiger partial charge in [-0.2, -0.15) is 26.3 Å². The SMILES string of the molecule is C/C=C/c1ccc2n(c1=O)C[C@H]1[C@H](CO)[C@@H](C(=O)NCC(F)(F)F)[C@@H]2N1C(=O)C1CCCC1.C/C=C\c1ccc2n(c1=O)C[C@H]1[C@H](CO)[C@@H](C(=O)NCC(F)(F)F)[C@@H]2N1C(=O)C1CCCC1. The molecule has 4 N–H and O–H groups in total. The van der Waals surface area contributed by atoms with Crippen LogP contribution in [0.25, 0.3) is 12.2 Å². The van der Waals surface area contributed by atoms with Crippen LogP contribution >= 0.6 is 0 Å². The zero-order valence-electron chi connectivity index (χ0n) is 36.7. The van der Waals surface area contributed by atoms with E-state index in [1.165, 1.54) is 9.13 Å². The highest BCUT2D eigenvalue weighted by Gasteiger charge is 2.60. The molecule has 2 saturated heterocycles. The van der Waals surface area contributed by atoms with Crippen LogP contribution in [0.2, 0.25) is 0 Å². The van der Waals surface area contributed by atoms with Crippen molar-refractivity contribution in [1.29, 1.82) is 0 Å². The fourth-order valence-corrected chi connectivity index (χ4v) is 11.4. The molecule has 14 nitrogen and oxygen atoms in total. The molecule has 4 bridgehead atoms. The molecule has 2 aliphatic carbocycles. The van der Waals surface area contributed by atoms with Crippen molar-refractivity contribution in [2.45, 2.75) is 115 Å². The quantitative estimate of drug-likeness (QED) is 0.252. The van der Waals surface area contributed by atoms with Crippen LogP contribution in [-0.4, -0.2) is 104 Å². The Balaban J connectivity index is 0.000000196. The fraction of sp³-hybridized carbons (Fsp3) is 0.609. The van der Waals surface area contributed by atoms with Crippen LogP contribution in [0, 0.1) is 35.5 Å². The summed E-state index contributed by atoms with van der Waals surface area (Å²) in [6.45, 7) is -0.237. The van der Waals surface area contributed by atoms with Crippen molar-refractivity contribution in [2.24, 2.45) is 35.5 Å². The van der Waals surface area contributed by atoms with E-state index in [2.05, 4.69) is 0 Å². The Morgan fingerprint density at radius 2 is 0.970 bits per heavy atom. The highest BCUT2D eigenvalue weighted by Crippen LogP contribution is 2.51. The number of aliphatic hydroxyl groups is 2. The molecule has 4 aliphatic heterocycles. The van der Waals surface area contributed by atoms with Gasteiger partial charge in [-0.3, -0.25) is 28.8 Å². The van der Waals surface area contributed by atoms with Crippen LogP contribution in [0.1, 0.15) is 99.8 Å². The van der Waals surface area contributed by atoms with E-state index < -0.39 is 98.3 Å². The van der Waals surface area contributed by atoms with Gasteiger partial charge in [-0.1, -0.05) is 50.0 Å². The lowest BCUT2D eigenvalue weighted by atomic mass is 9.86. The van der Waals surface area contributed by atoms with Gasteiger partial charge >= 0.3 is 12.4 Å². The maximum absolute atomic E-state index is 13.5. The van der Waals surface area contributed by atoms with Gasteiger partial charge in [0.25, 0.3) is 11.1 Å². The summed E-state index contributed by atoms with van der Waals surface area (Å²) < 4.78 is 79.7. The van der Waals surface area contributed by atoms with Crippen molar-refractivity contribution in [3.63, 3.8) is 0 Å². The molecule has 0 radical (unpaired) electrons. The number of rotatable bonds is 10. The summed E-state index contributed by atoms with van der Waals surface area (Å²) in [5.41, 5.74) is 1.13. The number of nitrogens with zero attached hydrogens (tertiary/aromatic N) is 4. The third kappa shape index (κ3) is 9.35. The molecule has 6 aliphatic rings. The smallest absolute Gasteiger partial charge is 0.396 e. The number of fused-ring (bicyclic) bond motifs is 8. The first kappa shape index (κ1) is 48.7. The van der Waals surface area contributed by atoms with Crippen molar-refractivity contribution in [3.05, 3.63) is 79.6 Å². The number of carbonyl (C=O) groups is 4. The second-order valence-corrected chi connectivity index (χ2v) is 18.1. The second kappa shape index (κ2) is 19.5. The molecular formula is C46H56F6N6O8. The number of nitrogens with one attached hydrogen (secondary N) is 2. The molecule has 360 valence electrons. The number of aromatic nitrogens is 2. The zero-order chi connectivity index (χ0) is 47.8. The van der Waals surface area contributed by atoms with Crippen LogP contribution in [0.4, 0.5) is 26.3 Å². The average Bonchev–Trinajstić information content (AvgIpc) is 4.09. The second-order valence-electron chi connectivity index (χ2n) is 18.1. The molecule has 0 unspecified atom stereocenters. The van der Waals surface area contributed by atoms with Crippen molar-refractivity contribution >= 4 is 35.8 Å². The summed E-state index contributed by atoms with van der Waals surface area (Å²) in [7, 11) is 0. The molecule has 4 amide bonds. The van der Waals surface area contributed by atoms with Crippen LogP contribution in [0.5, 0.6) is 0 Å². The molecule has 8 atom stereocenters. The van der Waals surface area contributed by atoms with Gasteiger partial charge in [-0.25, -0.2) is 0 Å². The minimum atomic E-state index is -4.59. The maximum atomic E-state index is 13.5. The first-order valence-corrected chi connectivity index (χ1v) is 22.6. The first-order valence-electron chi connectivity index (χ1n) is 22.6. The third-order valence-electron chi connectivity index (χ3n) is 14.3. The number of alkyl halides is 6. The third-order valence-corrected chi connectivity index (χ3v) is 14.3. The van der Waals surface area contributed by atoms with E-state index in [1.807, 2.05) is 10.6 Å². The summed E-state index contributed by atoms with van der Waals surface area (Å²) in [5, 5.41) is 24.2. The molecule has 4 fully saturated rings. The maximum Gasteiger partial charge on any atom is 0.405 e. The first-order chi connectivity index (χ1) is 31.3. The predicted octanol–water partition coefficient (Wildman–Crippen LogP) is 4.48. The number of pyridine rings is 2. The van der Waals surface area contributed by atoms with Crippen molar-refractivity contribution in [1.82, 2.24) is 29.6 Å². The summed E-state index contributed by atoms with van der Waals surface area (Å²) >= 11 is 0. The van der Waals surface area contributed by atoms with Crippen molar-refractivity contribution in [2.75, 3.05) is 26.3 Å². The number of amides is 4. The lowest BCUT2D eigenvalue weighted by molar-refractivity contribution is -0.144. The van der Waals surface area contributed by atoms with Gasteiger partial charge in [0.15, 0.2) is 0 Å². The highest BCUT2D eigenvalue weighted by molar-refractivity contribution is 5.86. The Morgan fingerprint density at radius 3 is 1.27 bits per heavy atom. The van der Waals surface area contributed by atoms with E-state index >= 15 is 0 Å². The van der Waals surface area contributed by atoms with E-state index in [4.69, 9.17) is 0 Å². The largest absolute Gasteiger partial charge is 0.405 e. The average molecular weight is 935 g/mol. The van der Waals surface area contributed by atoms with Crippen LogP contribution in [0.3, 0.4) is 0 Å². The molecule has 2 aromatic heterocycles. The molecule has 0 spiro atoms. The minimum Gasteiger partial charge on any atom is -0.396 e. The topological polar surface area (TPSA) is 183 Å². The van der Waals surface area contributed by atoms with Gasteiger partial charge in [0, 0.05) is 72.5 Å². The van der Waals surface area contributed by atoms with E-state index in [-0.39, 0.29) is 47.9 Å². The Labute approximate surface area is 376 Å². The number of aliphatic hydroxyl groups excluding tert-OH is 2. The molecule has 0 aromatic carbocycles. The number of carbonyl (C=O) groups excluding carboxylic acids is 4. The number of halogens is 6. The Kier molecular flexibility index (Phi) is 14.4. The highest BCUT2D eigenvalue weighted by atomic mass is 19.4. The Hall–Kier alpha value is -5.24. The molecule has 2 aromatic rings. The van der Waals surface area contributed by atoms with Crippen LogP contribution in [-0.2, 0) is 32.3 Å². The summed E-state index contributed by atoms with van der Waals surface area (Å²) in [6, 6.07) is 3.41. The number of hydrogen-bond acceptors (Lipinski definition) is 8. The van der Waals surface area contributed by atoms with E-state index in [0.29, 0.717) is 22.5 Å². The van der Waals surface area contributed by atoms with E-state index in [9.17, 15) is 65.3 Å². The minimum absolute atomic E-state index is 0.0861. The van der Waals surface area contributed by atoms with Gasteiger partial charge in [0.2, 0.25) is 23.6 Å². The Morgan fingerprint density at radius 1 is 0.621 bits per heavy atom. The van der Waals surface area contributed by atoms with Gasteiger partial charge in [-0.05, 0) is 63.8 Å². The monoisotopic (exact) mass is 934 g/mol. The summed E-state index contributed by atoms with van der Waals surface area (Å²) in [5.74, 6) is -6.22. The Bertz CT molecular complexity index is 2190. The predicted molar refractivity (Wildman–Crippen MR) is 228 cm³/mol. The molecule has 6 heterocycles. The molecule has 66 heavy (non-hydrogen) atoms. The number of hydrogen-bond donors (Lipinski definition) is 4. The van der Waals surface area contributed by atoms with Gasteiger partial charge in [0.1, 0.15) is 13.1 Å². The van der Waals surface area contributed by atoms with E-state index in [0.717, 1.165) is 51.4 Å². The molecular weight excluding hydrogens is 879 g/mol. The lowest BCUT2D eigenvalue weighted by Gasteiger charge is -2.39. The molecule has 8 rings (SSSR count). The van der Waals surface area contributed by atoms with Crippen LogP contribution < -0.4 is 21.8 Å². The summed E-state index contributed by atoms with van der Waals surface area (Å²) in [6.07, 6.45) is 4.13. The van der Waals surface area contributed by atoms with Crippen molar-refractivity contribution < 1.29 is 55.7 Å². The van der Waals surface area contributed by atoms with Crippen LogP contribution in [0.15, 0.2) is 46.0 Å². The standard InChI is InChI=1S/2C23H28F3N3O4/c2*1-2-5-13-8-9-16-19-18(20(31)27-12-23(24,25)26)15(11-30)17(10-28(16)21(13)32)29(19)22(33)14-6-3-4-7-14/h2*2,5,8-9,14-15,17-19,30H,3-4,6-7,10-12H2,1H3,(H,27,31)/b5-2+;5-2-/t2*15-,17-,18+,19+/m00/s1. The van der Waals surface area contributed by atoms with Crippen molar-refractivity contribution in [3.8, 4) is 0 Å². The lowest BCUT2D eigenvalue weighted by Crippen LogP contribution is -2.50. The van der Waals surface area contributed by atoms with Gasteiger partial charge in [0.05, 0.1) is 36.0 Å². The van der Waals surface area contributed by atoms with Gasteiger partial charge < -0.3 is 39.8 Å². The van der Waals surface area contributed by atoms with E-state index in [1.54, 1.807) is 72.2 Å². The fourth-order valence-electron chi connectivity index (χ4n) is 11.4. The molecule has 2 saturated carbocycles.